The summed E-state index contributed by atoms with van der Waals surface area (Å²) in [7, 11) is 0. The molecule has 1 saturated heterocycles. The van der Waals surface area contributed by atoms with Crippen LogP contribution in [0.1, 0.15) is 18.2 Å². The molecule has 1 aliphatic heterocycles. The molecule has 1 aliphatic rings. The van der Waals surface area contributed by atoms with Crippen LogP contribution < -0.4 is 22.9 Å². The summed E-state index contributed by atoms with van der Waals surface area (Å²) in [5.74, 6) is -0.526. The van der Waals surface area contributed by atoms with Crippen molar-refractivity contribution in [1.82, 2.24) is 9.55 Å². The predicted octanol–water partition coefficient (Wildman–Crippen LogP) is -2.23. The SMILES string of the molecule is NCCC[C@H](N)C(=O)OC[C@H]1S[C@@H](n2ccc(N)nc2=O)C(O)C1O. The summed E-state index contributed by atoms with van der Waals surface area (Å²) in [6.45, 7) is 0.294. The van der Waals surface area contributed by atoms with E-state index >= 15 is 0 Å². The molecule has 0 radical (unpaired) electrons. The number of nitrogens with two attached hydrogens (primary N) is 3. The first kappa shape index (κ1) is 19.7. The van der Waals surface area contributed by atoms with Crippen LogP contribution in [-0.4, -0.2) is 62.4 Å². The number of esters is 1. The number of nitrogens with zero attached hydrogens (tertiary/aromatic N) is 2. The Morgan fingerprint density at radius 1 is 1.44 bits per heavy atom. The van der Waals surface area contributed by atoms with Crippen LogP contribution in [-0.2, 0) is 9.53 Å². The third-order valence-corrected chi connectivity index (χ3v) is 5.42. The Morgan fingerprint density at radius 3 is 2.80 bits per heavy atom. The zero-order valence-corrected chi connectivity index (χ0v) is 14.3. The molecule has 2 unspecified atom stereocenters. The Kier molecular flexibility index (Phi) is 6.79. The van der Waals surface area contributed by atoms with E-state index in [-0.39, 0.29) is 12.4 Å². The van der Waals surface area contributed by atoms with E-state index < -0.39 is 40.5 Å². The molecule has 8 N–H and O–H groups in total. The van der Waals surface area contributed by atoms with E-state index in [2.05, 4.69) is 4.98 Å². The lowest BCUT2D eigenvalue weighted by atomic mass is 10.1. The number of aliphatic hydroxyl groups is 2. The molecule has 1 fully saturated rings. The van der Waals surface area contributed by atoms with Crippen molar-refractivity contribution in [3.63, 3.8) is 0 Å². The number of carbonyl (C=O) groups is 1. The summed E-state index contributed by atoms with van der Waals surface area (Å²) in [5, 5.41) is 19.0. The smallest absolute Gasteiger partial charge is 0.350 e. The van der Waals surface area contributed by atoms with Gasteiger partial charge in [-0.1, -0.05) is 0 Å². The zero-order chi connectivity index (χ0) is 18.6. The third kappa shape index (κ3) is 4.70. The molecule has 1 aromatic heterocycles. The number of anilines is 1. The van der Waals surface area contributed by atoms with E-state index in [1.165, 1.54) is 16.8 Å². The van der Waals surface area contributed by atoms with Crippen LogP contribution in [0.15, 0.2) is 17.1 Å². The topological polar surface area (TPSA) is 180 Å². The average molecular weight is 373 g/mol. The van der Waals surface area contributed by atoms with Crippen LogP contribution in [0.5, 0.6) is 0 Å². The number of rotatable bonds is 7. The zero-order valence-electron chi connectivity index (χ0n) is 13.5. The molecule has 5 atom stereocenters. The number of thioether (sulfide) groups is 1. The molecule has 0 aromatic carbocycles. The van der Waals surface area contributed by atoms with Crippen molar-refractivity contribution in [1.29, 1.82) is 0 Å². The fourth-order valence-electron chi connectivity index (χ4n) is 2.44. The lowest BCUT2D eigenvalue weighted by molar-refractivity contribution is -0.146. The Morgan fingerprint density at radius 2 is 2.16 bits per heavy atom. The van der Waals surface area contributed by atoms with Gasteiger partial charge in [-0.25, -0.2) is 4.79 Å². The predicted molar refractivity (Wildman–Crippen MR) is 92.6 cm³/mol. The average Bonchev–Trinajstić information content (AvgIpc) is 2.85. The van der Waals surface area contributed by atoms with E-state index in [9.17, 15) is 19.8 Å². The highest BCUT2D eigenvalue weighted by Crippen LogP contribution is 2.41. The van der Waals surface area contributed by atoms with E-state index in [4.69, 9.17) is 21.9 Å². The first-order valence-electron chi connectivity index (χ1n) is 7.83. The molecule has 25 heavy (non-hydrogen) atoms. The van der Waals surface area contributed by atoms with Crippen molar-refractivity contribution in [3.05, 3.63) is 22.7 Å². The maximum Gasteiger partial charge on any atom is 0.350 e. The fourth-order valence-corrected chi connectivity index (χ4v) is 3.88. The van der Waals surface area contributed by atoms with E-state index in [0.29, 0.717) is 19.4 Å². The fraction of sp³-hybridized carbons (Fsp3) is 0.643. The molecule has 11 heteroatoms. The summed E-state index contributed by atoms with van der Waals surface area (Å²) >= 11 is 1.12. The lowest BCUT2D eigenvalue weighted by Crippen LogP contribution is -2.38. The highest BCUT2D eigenvalue weighted by molar-refractivity contribution is 8.00. The molecular formula is C14H23N5O5S. The molecule has 10 nitrogen and oxygen atoms in total. The maximum absolute atomic E-state index is 11.9. The summed E-state index contributed by atoms with van der Waals surface area (Å²) in [5.41, 5.74) is 15.9. The molecule has 140 valence electrons. The summed E-state index contributed by atoms with van der Waals surface area (Å²) in [4.78, 5) is 27.3. The molecule has 2 heterocycles. The Bertz CT molecular complexity index is 657. The minimum absolute atomic E-state index is 0.0660. The maximum atomic E-state index is 11.9. The number of hydrogen-bond acceptors (Lipinski definition) is 10. The molecule has 1 aromatic rings. The van der Waals surface area contributed by atoms with Gasteiger partial charge in [-0.05, 0) is 25.5 Å². The van der Waals surface area contributed by atoms with E-state index in [1.54, 1.807) is 0 Å². The first-order valence-corrected chi connectivity index (χ1v) is 8.78. The van der Waals surface area contributed by atoms with Crippen molar-refractivity contribution in [2.24, 2.45) is 11.5 Å². The number of aliphatic hydroxyl groups excluding tert-OH is 2. The Labute approximate surface area is 148 Å². The normalized spacial score (nSPS) is 27.2. The Hall–Kier alpha value is -1.66. The van der Waals surface area contributed by atoms with Gasteiger partial charge >= 0.3 is 11.7 Å². The van der Waals surface area contributed by atoms with Gasteiger partial charge < -0.3 is 32.2 Å². The summed E-state index contributed by atoms with van der Waals surface area (Å²) in [6, 6.07) is 0.641. The van der Waals surface area contributed by atoms with Crippen molar-refractivity contribution < 1.29 is 19.7 Å². The summed E-state index contributed by atoms with van der Waals surface area (Å²) in [6.07, 6.45) is 0.0172. The highest BCUT2D eigenvalue weighted by Gasteiger charge is 2.44. The summed E-state index contributed by atoms with van der Waals surface area (Å²) < 4.78 is 6.30. The molecule has 2 rings (SSSR count). The van der Waals surface area contributed by atoms with Gasteiger partial charge in [-0.15, -0.1) is 11.8 Å². The van der Waals surface area contributed by atoms with Crippen LogP contribution in [0.3, 0.4) is 0 Å². The van der Waals surface area contributed by atoms with Gasteiger partial charge in [0.25, 0.3) is 0 Å². The number of ether oxygens (including phenoxy) is 1. The number of hydrogen-bond donors (Lipinski definition) is 5. The molecule has 0 bridgehead atoms. The number of carbonyl (C=O) groups excluding carboxylic acids is 1. The Balaban J connectivity index is 1.97. The van der Waals surface area contributed by atoms with Crippen LogP contribution >= 0.6 is 11.8 Å². The van der Waals surface area contributed by atoms with Gasteiger partial charge in [0.15, 0.2) is 0 Å². The second-order valence-electron chi connectivity index (χ2n) is 5.76. The van der Waals surface area contributed by atoms with Crippen LogP contribution in [0, 0.1) is 0 Å². The van der Waals surface area contributed by atoms with Crippen LogP contribution in [0.2, 0.25) is 0 Å². The number of nitrogen functional groups attached to an aromatic ring is 1. The van der Waals surface area contributed by atoms with Crippen molar-refractivity contribution in [2.45, 2.75) is 41.7 Å². The molecule has 0 aliphatic carbocycles. The van der Waals surface area contributed by atoms with E-state index in [0.717, 1.165) is 11.8 Å². The van der Waals surface area contributed by atoms with E-state index in [1.807, 2.05) is 0 Å². The second-order valence-corrected chi connectivity index (χ2v) is 7.12. The lowest BCUT2D eigenvalue weighted by Gasteiger charge is -2.17. The van der Waals surface area contributed by atoms with Gasteiger partial charge in [0, 0.05) is 6.20 Å². The molecular weight excluding hydrogens is 350 g/mol. The highest BCUT2D eigenvalue weighted by atomic mass is 32.2. The number of aromatic nitrogens is 2. The molecule has 0 amide bonds. The van der Waals surface area contributed by atoms with Gasteiger partial charge in [0.05, 0.1) is 11.4 Å². The van der Waals surface area contributed by atoms with Crippen LogP contribution in [0.4, 0.5) is 5.82 Å². The largest absolute Gasteiger partial charge is 0.463 e. The van der Waals surface area contributed by atoms with Gasteiger partial charge in [-0.2, -0.15) is 4.98 Å². The molecule has 0 saturated carbocycles. The first-order chi connectivity index (χ1) is 11.8. The quantitative estimate of drug-likeness (QED) is 0.328. The van der Waals surface area contributed by atoms with Crippen molar-refractivity contribution in [2.75, 3.05) is 18.9 Å². The molecule has 0 spiro atoms. The minimum Gasteiger partial charge on any atom is -0.463 e. The van der Waals surface area contributed by atoms with Gasteiger partial charge in [0.1, 0.15) is 29.9 Å². The van der Waals surface area contributed by atoms with Crippen molar-refractivity contribution >= 4 is 23.5 Å². The van der Waals surface area contributed by atoms with Crippen LogP contribution in [0.25, 0.3) is 0 Å². The monoisotopic (exact) mass is 373 g/mol. The second kappa shape index (κ2) is 8.63. The standard InChI is InChI=1S/C14H23N5O5S/c15-4-1-2-7(16)13(22)24-6-8-10(20)11(21)12(25-8)19-5-3-9(17)18-14(19)23/h3,5,7-8,10-12,20-21H,1-2,4,6,15-16H2,(H2,17,18,23)/t7-,8+,10?,11?,12+/m0/s1. The third-order valence-electron chi connectivity index (χ3n) is 3.87. The van der Waals surface area contributed by atoms with Crippen molar-refractivity contribution in [3.8, 4) is 0 Å². The van der Waals surface area contributed by atoms with Gasteiger partial charge in [0.2, 0.25) is 0 Å². The minimum atomic E-state index is -1.22. The van der Waals surface area contributed by atoms with Gasteiger partial charge in [-0.3, -0.25) is 9.36 Å².